The Balaban J connectivity index is 2.61. The molecule has 0 unspecified atom stereocenters. The third-order valence-corrected chi connectivity index (χ3v) is 2.22. The Morgan fingerprint density at radius 1 is 1.31 bits per heavy atom. The van der Waals surface area contributed by atoms with E-state index >= 15 is 0 Å². The first kappa shape index (κ1) is 10.2. The standard InChI is InChI=1S/C12H10N2O2/c13-10(12(15)16)7-9-4-1-3-8-5-2-6-14-11(8)9/h1-7H,13H2,(H,15,16)/b10-7+. The van der Waals surface area contributed by atoms with Crippen molar-refractivity contribution >= 4 is 22.9 Å². The van der Waals surface area contributed by atoms with Crippen molar-refractivity contribution in [3.8, 4) is 0 Å². The second-order valence-corrected chi connectivity index (χ2v) is 3.33. The molecular formula is C12H10N2O2. The lowest BCUT2D eigenvalue weighted by atomic mass is 10.1. The first-order valence-electron chi connectivity index (χ1n) is 4.72. The number of carboxylic acid groups (broad SMARTS) is 1. The van der Waals surface area contributed by atoms with Gasteiger partial charge in [0.1, 0.15) is 5.70 Å². The quantitative estimate of drug-likeness (QED) is 0.745. The first-order chi connectivity index (χ1) is 7.68. The van der Waals surface area contributed by atoms with Gasteiger partial charge in [0.2, 0.25) is 0 Å². The van der Waals surface area contributed by atoms with Gasteiger partial charge in [0, 0.05) is 17.1 Å². The van der Waals surface area contributed by atoms with Crippen LogP contribution in [0.3, 0.4) is 0 Å². The zero-order valence-electron chi connectivity index (χ0n) is 8.42. The van der Waals surface area contributed by atoms with Crippen LogP contribution >= 0.6 is 0 Å². The van der Waals surface area contributed by atoms with Crippen molar-refractivity contribution in [2.75, 3.05) is 0 Å². The van der Waals surface area contributed by atoms with Gasteiger partial charge >= 0.3 is 5.97 Å². The number of fused-ring (bicyclic) bond motifs is 1. The average molecular weight is 214 g/mol. The fraction of sp³-hybridized carbons (Fsp3) is 0. The number of hydrogen-bond acceptors (Lipinski definition) is 3. The highest BCUT2D eigenvalue weighted by Crippen LogP contribution is 2.17. The third kappa shape index (κ3) is 1.86. The van der Waals surface area contributed by atoms with Gasteiger partial charge in [0.15, 0.2) is 0 Å². The number of nitrogens with zero attached hydrogens (tertiary/aromatic N) is 1. The molecule has 16 heavy (non-hydrogen) atoms. The van der Waals surface area contributed by atoms with E-state index in [1.54, 1.807) is 12.3 Å². The molecule has 4 nitrogen and oxygen atoms in total. The summed E-state index contributed by atoms with van der Waals surface area (Å²) in [5.41, 5.74) is 6.63. The molecule has 0 radical (unpaired) electrons. The summed E-state index contributed by atoms with van der Waals surface area (Å²) in [5, 5.41) is 9.65. The number of carbonyl (C=O) groups is 1. The van der Waals surface area contributed by atoms with Crippen molar-refractivity contribution < 1.29 is 9.90 Å². The Bertz CT molecular complexity index is 571. The van der Waals surface area contributed by atoms with Crippen LogP contribution in [0.5, 0.6) is 0 Å². The normalized spacial score (nSPS) is 11.6. The maximum absolute atomic E-state index is 10.6. The number of rotatable bonds is 2. The largest absolute Gasteiger partial charge is 0.477 e. The zero-order chi connectivity index (χ0) is 11.5. The summed E-state index contributed by atoms with van der Waals surface area (Å²) in [5.74, 6) is -1.13. The van der Waals surface area contributed by atoms with E-state index in [1.165, 1.54) is 6.08 Å². The lowest BCUT2D eigenvalue weighted by Gasteiger charge is -2.01. The minimum Gasteiger partial charge on any atom is -0.477 e. The molecule has 3 N–H and O–H groups in total. The Morgan fingerprint density at radius 2 is 2.06 bits per heavy atom. The molecule has 0 saturated heterocycles. The van der Waals surface area contributed by atoms with E-state index in [1.807, 2.05) is 24.3 Å². The van der Waals surface area contributed by atoms with E-state index in [0.717, 1.165) is 10.9 Å². The molecule has 0 fully saturated rings. The van der Waals surface area contributed by atoms with Gasteiger partial charge < -0.3 is 10.8 Å². The van der Waals surface area contributed by atoms with E-state index in [9.17, 15) is 4.79 Å². The number of pyridine rings is 1. The summed E-state index contributed by atoms with van der Waals surface area (Å²) < 4.78 is 0. The minimum absolute atomic E-state index is 0.196. The van der Waals surface area contributed by atoms with Gasteiger partial charge in [0.25, 0.3) is 0 Å². The number of aliphatic carboxylic acids is 1. The topological polar surface area (TPSA) is 76.2 Å². The van der Waals surface area contributed by atoms with Crippen molar-refractivity contribution in [2.24, 2.45) is 5.73 Å². The first-order valence-corrected chi connectivity index (χ1v) is 4.72. The third-order valence-electron chi connectivity index (χ3n) is 2.22. The Labute approximate surface area is 92.0 Å². The van der Waals surface area contributed by atoms with Gasteiger partial charge in [-0.2, -0.15) is 0 Å². The molecule has 0 aliphatic heterocycles. The summed E-state index contributed by atoms with van der Waals surface area (Å²) in [7, 11) is 0. The number of benzene rings is 1. The van der Waals surface area contributed by atoms with Gasteiger partial charge in [-0.05, 0) is 12.1 Å². The second-order valence-electron chi connectivity index (χ2n) is 3.33. The Morgan fingerprint density at radius 3 is 2.81 bits per heavy atom. The average Bonchev–Trinajstić information content (AvgIpc) is 2.29. The Kier molecular flexibility index (Phi) is 2.55. The van der Waals surface area contributed by atoms with E-state index in [0.29, 0.717) is 5.56 Å². The molecule has 1 aromatic carbocycles. The molecule has 0 atom stereocenters. The molecule has 0 saturated carbocycles. The molecule has 0 spiro atoms. The zero-order valence-corrected chi connectivity index (χ0v) is 8.42. The van der Waals surface area contributed by atoms with Crippen LogP contribution in [0.4, 0.5) is 0 Å². The number of aromatic nitrogens is 1. The van der Waals surface area contributed by atoms with Crippen molar-refractivity contribution in [2.45, 2.75) is 0 Å². The van der Waals surface area contributed by atoms with E-state index in [2.05, 4.69) is 4.98 Å². The monoisotopic (exact) mass is 214 g/mol. The maximum atomic E-state index is 10.6. The molecule has 4 heteroatoms. The van der Waals surface area contributed by atoms with E-state index in [4.69, 9.17) is 10.8 Å². The molecule has 0 bridgehead atoms. The molecule has 0 amide bonds. The van der Waals surface area contributed by atoms with Crippen LogP contribution in [-0.2, 0) is 4.79 Å². The molecule has 0 aliphatic carbocycles. The van der Waals surface area contributed by atoms with Gasteiger partial charge in [-0.1, -0.05) is 24.3 Å². The van der Waals surface area contributed by atoms with Crippen molar-refractivity contribution in [3.63, 3.8) is 0 Å². The number of nitrogens with two attached hydrogens (primary N) is 1. The van der Waals surface area contributed by atoms with Crippen LogP contribution in [0.1, 0.15) is 5.56 Å². The van der Waals surface area contributed by atoms with Crippen LogP contribution in [0.15, 0.2) is 42.2 Å². The fourth-order valence-electron chi connectivity index (χ4n) is 1.47. The smallest absolute Gasteiger partial charge is 0.351 e. The van der Waals surface area contributed by atoms with Gasteiger partial charge in [-0.15, -0.1) is 0 Å². The SMILES string of the molecule is N/C(=C/c1cccc2cccnc12)C(=O)O. The molecule has 2 rings (SSSR count). The molecule has 80 valence electrons. The number of carboxylic acids is 1. The highest BCUT2D eigenvalue weighted by atomic mass is 16.4. The van der Waals surface area contributed by atoms with Crippen LogP contribution in [0, 0.1) is 0 Å². The maximum Gasteiger partial charge on any atom is 0.351 e. The predicted octanol–water partition coefficient (Wildman–Crippen LogP) is 1.62. The van der Waals surface area contributed by atoms with Crippen molar-refractivity contribution in [1.29, 1.82) is 0 Å². The summed E-state index contributed by atoms with van der Waals surface area (Å²) in [6.07, 6.45) is 3.08. The molecule has 1 aromatic heterocycles. The second kappa shape index (κ2) is 4.02. The van der Waals surface area contributed by atoms with E-state index < -0.39 is 5.97 Å². The minimum atomic E-state index is -1.13. The predicted molar refractivity (Wildman–Crippen MR) is 61.5 cm³/mol. The van der Waals surface area contributed by atoms with Gasteiger partial charge in [-0.3, -0.25) is 4.98 Å². The fourth-order valence-corrected chi connectivity index (χ4v) is 1.47. The molecule has 2 aromatic rings. The summed E-state index contributed by atoms with van der Waals surface area (Å²) >= 11 is 0. The number of hydrogen-bond donors (Lipinski definition) is 2. The molecular weight excluding hydrogens is 204 g/mol. The summed E-state index contributed by atoms with van der Waals surface area (Å²) in [6, 6.07) is 9.28. The van der Waals surface area contributed by atoms with E-state index in [-0.39, 0.29) is 5.70 Å². The summed E-state index contributed by atoms with van der Waals surface area (Å²) in [6.45, 7) is 0. The van der Waals surface area contributed by atoms with Crippen LogP contribution in [-0.4, -0.2) is 16.1 Å². The molecule has 1 heterocycles. The lowest BCUT2D eigenvalue weighted by molar-refractivity contribution is -0.132. The highest BCUT2D eigenvalue weighted by Gasteiger charge is 2.04. The van der Waals surface area contributed by atoms with Gasteiger partial charge in [0.05, 0.1) is 5.52 Å². The molecule has 0 aliphatic rings. The van der Waals surface area contributed by atoms with Crippen LogP contribution in [0.2, 0.25) is 0 Å². The van der Waals surface area contributed by atoms with Crippen LogP contribution < -0.4 is 5.73 Å². The Hall–Kier alpha value is -2.36. The van der Waals surface area contributed by atoms with Crippen molar-refractivity contribution in [1.82, 2.24) is 4.98 Å². The lowest BCUT2D eigenvalue weighted by Crippen LogP contribution is -2.09. The number of para-hydroxylation sites is 1. The summed E-state index contributed by atoms with van der Waals surface area (Å²) in [4.78, 5) is 14.8. The van der Waals surface area contributed by atoms with Crippen molar-refractivity contribution in [3.05, 3.63) is 47.8 Å². The van der Waals surface area contributed by atoms with Crippen LogP contribution in [0.25, 0.3) is 17.0 Å². The highest BCUT2D eigenvalue weighted by molar-refractivity contribution is 5.95. The van der Waals surface area contributed by atoms with Gasteiger partial charge in [-0.25, -0.2) is 4.79 Å².